The maximum atomic E-state index is 14.8. The van der Waals surface area contributed by atoms with E-state index in [0.717, 1.165) is 36.7 Å². The second-order valence-corrected chi connectivity index (χ2v) is 11.0. The molecule has 0 radical (unpaired) electrons. The standard InChI is InChI=1S/C31H47FN2O12/c1-5-9-12-13-15-25(36)43-20-34-28(37)21(32)19-33(29(34)38)24-18-23(44-30(39)41-16-10-6-2)27(45-24)26(22(35)14-8-4)46-31(40)42-17-11-7-3/h19,23-24,26-27H,5-18,20H2,1-4H3/t23-,24+,26?,27-/m0/s1. The number of hydrogen-bond acceptors (Lipinski definition) is 12. The number of ether oxygens (including phenoxy) is 6. The van der Waals surface area contributed by atoms with E-state index in [4.69, 9.17) is 28.4 Å². The molecule has 2 heterocycles. The Morgan fingerprint density at radius 3 is 2.15 bits per heavy atom. The van der Waals surface area contributed by atoms with Crippen LogP contribution in [0.15, 0.2) is 15.8 Å². The van der Waals surface area contributed by atoms with Crippen molar-refractivity contribution in [1.82, 2.24) is 9.13 Å². The minimum absolute atomic E-state index is 0.0334. The Bertz CT molecular complexity index is 1260. The average molecular weight is 659 g/mol. The molecular formula is C31H47FN2O12. The quantitative estimate of drug-likeness (QED) is 0.106. The van der Waals surface area contributed by atoms with E-state index in [9.17, 15) is 33.2 Å². The van der Waals surface area contributed by atoms with Crippen LogP contribution in [0.2, 0.25) is 0 Å². The largest absolute Gasteiger partial charge is 0.509 e. The number of hydrogen-bond donors (Lipinski definition) is 0. The first-order valence-corrected chi connectivity index (χ1v) is 16.1. The Kier molecular flexibility index (Phi) is 17.0. The number of ketones is 1. The lowest BCUT2D eigenvalue weighted by Crippen LogP contribution is -2.45. The van der Waals surface area contributed by atoms with Crippen molar-refractivity contribution < 1.29 is 52.0 Å². The topological polar surface area (TPSA) is 168 Å². The number of esters is 1. The fourth-order valence-electron chi connectivity index (χ4n) is 4.63. The van der Waals surface area contributed by atoms with Crippen molar-refractivity contribution in [3.05, 3.63) is 32.9 Å². The van der Waals surface area contributed by atoms with Crippen molar-refractivity contribution in [2.24, 2.45) is 0 Å². The zero-order valence-electron chi connectivity index (χ0n) is 27.2. The molecule has 15 heteroatoms. The second kappa shape index (κ2) is 20.4. The molecule has 0 spiro atoms. The van der Waals surface area contributed by atoms with E-state index in [1.807, 2.05) is 20.8 Å². The van der Waals surface area contributed by atoms with Crippen molar-refractivity contribution >= 4 is 24.1 Å². The van der Waals surface area contributed by atoms with Crippen LogP contribution in [-0.2, 0) is 44.7 Å². The zero-order valence-corrected chi connectivity index (χ0v) is 27.2. The molecule has 1 saturated heterocycles. The molecule has 2 rings (SSSR count). The minimum atomic E-state index is -1.62. The lowest BCUT2D eigenvalue weighted by atomic mass is 10.0. The summed E-state index contributed by atoms with van der Waals surface area (Å²) in [6.07, 6.45) is -1.44. The number of unbranched alkanes of at least 4 members (excludes halogenated alkanes) is 5. The third kappa shape index (κ3) is 11.9. The van der Waals surface area contributed by atoms with Gasteiger partial charge in [0.05, 0.1) is 19.4 Å². The predicted molar refractivity (Wildman–Crippen MR) is 160 cm³/mol. The van der Waals surface area contributed by atoms with Crippen LogP contribution in [0, 0.1) is 5.82 Å². The van der Waals surface area contributed by atoms with E-state index in [-0.39, 0.29) is 32.5 Å². The Morgan fingerprint density at radius 2 is 1.52 bits per heavy atom. The normalized spacial score (nSPS) is 18.1. The first-order valence-electron chi connectivity index (χ1n) is 16.1. The van der Waals surface area contributed by atoms with E-state index < -0.39 is 72.4 Å². The molecule has 0 saturated carbocycles. The molecule has 0 N–H and O–H groups in total. The van der Waals surface area contributed by atoms with Gasteiger partial charge in [-0.05, 0) is 25.7 Å². The summed E-state index contributed by atoms with van der Waals surface area (Å²) in [5.41, 5.74) is -2.41. The molecule has 1 aliphatic heterocycles. The molecule has 1 aromatic heterocycles. The van der Waals surface area contributed by atoms with Gasteiger partial charge in [0.1, 0.15) is 18.4 Å². The van der Waals surface area contributed by atoms with Crippen molar-refractivity contribution in [1.29, 1.82) is 0 Å². The third-order valence-corrected chi connectivity index (χ3v) is 7.19. The van der Waals surface area contributed by atoms with E-state index in [1.54, 1.807) is 6.92 Å². The van der Waals surface area contributed by atoms with Gasteiger partial charge in [-0.2, -0.15) is 4.39 Å². The molecule has 0 amide bonds. The fourth-order valence-corrected chi connectivity index (χ4v) is 4.63. The summed E-state index contributed by atoms with van der Waals surface area (Å²) in [5.74, 6) is -2.58. The molecule has 4 atom stereocenters. The highest BCUT2D eigenvalue weighted by atomic mass is 19.1. The fraction of sp³-hybridized carbons (Fsp3) is 0.742. The Balaban J connectivity index is 2.39. The van der Waals surface area contributed by atoms with Crippen LogP contribution in [-0.4, -0.2) is 64.7 Å². The monoisotopic (exact) mass is 658 g/mol. The van der Waals surface area contributed by atoms with Gasteiger partial charge in [-0.15, -0.1) is 0 Å². The van der Waals surface area contributed by atoms with Gasteiger partial charge in [0.25, 0.3) is 5.56 Å². The summed E-state index contributed by atoms with van der Waals surface area (Å²) in [6.45, 7) is 6.79. The molecule has 0 bridgehead atoms. The Labute approximate surface area is 267 Å². The number of Topliss-reactive ketones (excluding diaryl/α,β-unsaturated/α-hetero) is 1. The molecule has 260 valence electrons. The van der Waals surface area contributed by atoms with E-state index in [1.165, 1.54) is 0 Å². The number of halogens is 1. The third-order valence-electron chi connectivity index (χ3n) is 7.19. The highest BCUT2D eigenvalue weighted by Crippen LogP contribution is 2.34. The molecule has 14 nitrogen and oxygen atoms in total. The molecule has 0 aromatic carbocycles. The number of rotatable bonds is 20. The van der Waals surface area contributed by atoms with Crippen molar-refractivity contribution in [3.8, 4) is 0 Å². The number of carbonyl (C=O) groups is 4. The van der Waals surface area contributed by atoms with Gasteiger partial charge in [-0.1, -0.05) is 59.8 Å². The van der Waals surface area contributed by atoms with Crippen LogP contribution < -0.4 is 11.2 Å². The summed E-state index contributed by atoms with van der Waals surface area (Å²) in [6, 6.07) is 0. The van der Waals surface area contributed by atoms with Gasteiger partial charge >= 0.3 is 24.0 Å². The summed E-state index contributed by atoms with van der Waals surface area (Å²) >= 11 is 0. The predicted octanol–water partition coefficient (Wildman–Crippen LogP) is 4.92. The van der Waals surface area contributed by atoms with Gasteiger partial charge in [0, 0.05) is 19.3 Å². The summed E-state index contributed by atoms with van der Waals surface area (Å²) in [4.78, 5) is 76.2. The van der Waals surface area contributed by atoms with Crippen LogP contribution in [0.3, 0.4) is 0 Å². The molecule has 1 aliphatic rings. The number of aromatic nitrogens is 2. The Hall–Kier alpha value is -3.75. The maximum absolute atomic E-state index is 14.8. The van der Waals surface area contributed by atoms with Crippen molar-refractivity contribution in [3.63, 3.8) is 0 Å². The van der Waals surface area contributed by atoms with Crippen LogP contribution >= 0.6 is 0 Å². The van der Waals surface area contributed by atoms with Crippen molar-refractivity contribution in [2.75, 3.05) is 13.2 Å². The summed E-state index contributed by atoms with van der Waals surface area (Å²) in [5, 5.41) is 0. The van der Waals surface area contributed by atoms with Gasteiger partial charge in [-0.25, -0.2) is 19.0 Å². The highest BCUT2D eigenvalue weighted by molar-refractivity contribution is 5.85. The smallest absolute Gasteiger partial charge is 0.444 e. The number of carbonyl (C=O) groups excluding carboxylic acids is 4. The lowest BCUT2D eigenvalue weighted by molar-refractivity contribution is -0.148. The van der Waals surface area contributed by atoms with E-state index >= 15 is 0 Å². The molecule has 46 heavy (non-hydrogen) atoms. The molecule has 1 fully saturated rings. The molecule has 0 aliphatic carbocycles. The van der Waals surface area contributed by atoms with Crippen LogP contribution in [0.5, 0.6) is 0 Å². The van der Waals surface area contributed by atoms with Crippen LogP contribution in [0.4, 0.5) is 14.0 Å². The average Bonchev–Trinajstić information content (AvgIpc) is 3.42. The first-order chi connectivity index (χ1) is 22.1. The van der Waals surface area contributed by atoms with Gasteiger partial charge in [-0.3, -0.25) is 19.0 Å². The summed E-state index contributed by atoms with van der Waals surface area (Å²) < 4.78 is 47.9. The molecule has 1 aromatic rings. The van der Waals surface area contributed by atoms with Gasteiger partial charge in [0.15, 0.2) is 18.6 Å². The second-order valence-electron chi connectivity index (χ2n) is 11.0. The Morgan fingerprint density at radius 1 is 0.870 bits per heavy atom. The number of nitrogens with zero attached hydrogens (tertiary/aromatic N) is 2. The van der Waals surface area contributed by atoms with E-state index in [0.29, 0.717) is 36.4 Å². The summed E-state index contributed by atoms with van der Waals surface area (Å²) in [7, 11) is 0. The zero-order chi connectivity index (χ0) is 34.1. The molecular weight excluding hydrogens is 611 g/mol. The van der Waals surface area contributed by atoms with Crippen LogP contribution in [0.25, 0.3) is 0 Å². The first kappa shape index (κ1) is 38.4. The van der Waals surface area contributed by atoms with Crippen LogP contribution in [0.1, 0.15) is 111 Å². The highest BCUT2D eigenvalue weighted by Gasteiger charge is 2.48. The lowest BCUT2D eigenvalue weighted by Gasteiger charge is -2.26. The maximum Gasteiger partial charge on any atom is 0.509 e. The van der Waals surface area contributed by atoms with Gasteiger partial charge < -0.3 is 28.4 Å². The minimum Gasteiger partial charge on any atom is -0.444 e. The van der Waals surface area contributed by atoms with Crippen molar-refractivity contribution in [2.45, 2.75) is 136 Å². The van der Waals surface area contributed by atoms with E-state index in [2.05, 4.69) is 0 Å². The van der Waals surface area contributed by atoms with Gasteiger partial charge in [0.2, 0.25) is 5.82 Å². The molecule has 1 unspecified atom stereocenters. The SMILES string of the molecule is CCCCCCC(=O)OCn1c(=O)c(F)cn([C@H]2C[C@H](OC(=O)OCCCC)[C@@H](C(OC(=O)OCCCC)C(=O)CCC)O2)c1=O.